The smallest absolute Gasteiger partial charge is 0.185 e. The van der Waals surface area contributed by atoms with Gasteiger partial charge in [-0.3, -0.25) is 4.79 Å². The fourth-order valence-corrected chi connectivity index (χ4v) is 4.49. The summed E-state index contributed by atoms with van der Waals surface area (Å²) in [6, 6.07) is 0. The standard InChI is InChI=1S/C22H32O2/c1-3-4-5-6-7-8-9-13-21-16(2)14-19-18-12-10-11-17(18)15-20(23)22(19)24-21/h9,13-15,18-19,21-22H,3-8,10-12H2,1-2H3/b13-9+/t18-,19+,21-,22+/m0/s1. The topological polar surface area (TPSA) is 26.3 Å². The third-order valence-electron chi connectivity index (χ3n) is 5.86. The highest BCUT2D eigenvalue weighted by atomic mass is 16.5. The molecule has 0 aromatic rings. The first-order valence-electron chi connectivity index (χ1n) is 9.95. The number of ketones is 1. The molecule has 0 spiro atoms. The van der Waals surface area contributed by atoms with Gasteiger partial charge in [0, 0.05) is 5.92 Å². The van der Waals surface area contributed by atoms with E-state index in [1.165, 1.54) is 56.1 Å². The highest BCUT2D eigenvalue weighted by Gasteiger charge is 2.43. The zero-order valence-electron chi connectivity index (χ0n) is 15.3. The summed E-state index contributed by atoms with van der Waals surface area (Å²) in [5.41, 5.74) is 2.65. The lowest BCUT2D eigenvalue weighted by molar-refractivity contribution is -0.133. The number of carbonyl (C=O) groups excluding carboxylic acids is 1. The van der Waals surface area contributed by atoms with Crippen molar-refractivity contribution in [3.8, 4) is 0 Å². The molecule has 1 heterocycles. The number of allylic oxidation sites excluding steroid dienone is 2. The number of rotatable bonds is 7. The molecular weight excluding hydrogens is 296 g/mol. The summed E-state index contributed by atoms with van der Waals surface area (Å²) in [5, 5.41) is 0. The first kappa shape index (κ1) is 17.7. The van der Waals surface area contributed by atoms with Crippen LogP contribution in [-0.2, 0) is 9.53 Å². The van der Waals surface area contributed by atoms with Gasteiger partial charge in [0.15, 0.2) is 5.78 Å². The van der Waals surface area contributed by atoms with Crippen molar-refractivity contribution in [1.82, 2.24) is 0 Å². The minimum absolute atomic E-state index is 0.0119. The summed E-state index contributed by atoms with van der Waals surface area (Å²) < 4.78 is 6.22. The van der Waals surface area contributed by atoms with Crippen LogP contribution in [0.2, 0.25) is 0 Å². The summed E-state index contributed by atoms with van der Waals surface area (Å²) in [5.74, 6) is 1.01. The van der Waals surface area contributed by atoms with Crippen LogP contribution < -0.4 is 0 Å². The number of hydrogen-bond donors (Lipinski definition) is 0. The molecule has 0 N–H and O–H groups in total. The molecule has 3 aliphatic rings. The normalized spacial score (nSPS) is 32.5. The molecule has 0 aromatic heterocycles. The lowest BCUT2D eigenvalue weighted by Gasteiger charge is -2.39. The Kier molecular flexibility index (Phi) is 6.10. The molecule has 4 atom stereocenters. The predicted molar refractivity (Wildman–Crippen MR) is 98.9 cm³/mol. The fraction of sp³-hybridized carbons (Fsp3) is 0.682. The van der Waals surface area contributed by atoms with Crippen LogP contribution in [0.25, 0.3) is 0 Å². The van der Waals surface area contributed by atoms with Gasteiger partial charge in [0.25, 0.3) is 0 Å². The summed E-state index contributed by atoms with van der Waals surface area (Å²) in [7, 11) is 0. The van der Waals surface area contributed by atoms with Crippen LogP contribution in [0, 0.1) is 11.8 Å². The quantitative estimate of drug-likeness (QED) is 0.453. The third-order valence-corrected chi connectivity index (χ3v) is 5.86. The molecule has 132 valence electrons. The second kappa shape index (κ2) is 8.29. The lowest BCUT2D eigenvalue weighted by Crippen LogP contribution is -2.43. The maximum atomic E-state index is 12.4. The summed E-state index contributed by atoms with van der Waals surface area (Å²) in [6.45, 7) is 4.41. The summed E-state index contributed by atoms with van der Waals surface area (Å²) in [4.78, 5) is 12.4. The minimum Gasteiger partial charge on any atom is -0.358 e. The monoisotopic (exact) mass is 328 g/mol. The highest BCUT2D eigenvalue weighted by Crippen LogP contribution is 2.45. The second-order valence-corrected chi connectivity index (χ2v) is 7.72. The molecule has 1 saturated carbocycles. The van der Waals surface area contributed by atoms with Crippen molar-refractivity contribution in [2.24, 2.45) is 11.8 Å². The van der Waals surface area contributed by atoms with Crippen molar-refractivity contribution >= 4 is 5.78 Å². The lowest BCUT2D eigenvalue weighted by atomic mass is 9.75. The zero-order valence-corrected chi connectivity index (χ0v) is 15.3. The van der Waals surface area contributed by atoms with Gasteiger partial charge in [-0.15, -0.1) is 0 Å². The molecule has 0 saturated heterocycles. The maximum absolute atomic E-state index is 12.4. The maximum Gasteiger partial charge on any atom is 0.185 e. The third kappa shape index (κ3) is 3.91. The van der Waals surface area contributed by atoms with E-state index in [1.54, 1.807) is 0 Å². The van der Waals surface area contributed by atoms with E-state index < -0.39 is 0 Å². The van der Waals surface area contributed by atoms with Gasteiger partial charge < -0.3 is 4.74 Å². The van der Waals surface area contributed by atoms with Crippen molar-refractivity contribution in [1.29, 1.82) is 0 Å². The number of ether oxygens (including phenoxy) is 1. The number of hydrogen-bond acceptors (Lipinski definition) is 2. The van der Waals surface area contributed by atoms with E-state index >= 15 is 0 Å². The van der Waals surface area contributed by atoms with Gasteiger partial charge in [-0.1, -0.05) is 56.4 Å². The van der Waals surface area contributed by atoms with Crippen molar-refractivity contribution in [3.63, 3.8) is 0 Å². The van der Waals surface area contributed by atoms with Crippen LogP contribution in [0.15, 0.2) is 35.5 Å². The number of unbranched alkanes of at least 4 members (excludes halogenated alkanes) is 5. The molecule has 0 aromatic carbocycles. The van der Waals surface area contributed by atoms with E-state index in [1.807, 2.05) is 6.08 Å². The van der Waals surface area contributed by atoms with Crippen LogP contribution in [0.3, 0.4) is 0 Å². The van der Waals surface area contributed by atoms with E-state index in [2.05, 4.69) is 32.1 Å². The summed E-state index contributed by atoms with van der Waals surface area (Å²) in [6.07, 6.45) is 19.6. The van der Waals surface area contributed by atoms with Crippen LogP contribution >= 0.6 is 0 Å². The Balaban J connectivity index is 1.56. The van der Waals surface area contributed by atoms with Gasteiger partial charge >= 0.3 is 0 Å². The van der Waals surface area contributed by atoms with Gasteiger partial charge in [0.05, 0.1) is 6.10 Å². The molecule has 3 rings (SSSR count). The molecule has 1 aliphatic heterocycles. The van der Waals surface area contributed by atoms with Crippen molar-refractivity contribution in [2.75, 3.05) is 0 Å². The van der Waals surface area contributed by atoms with E-state index in [0.29, 0.717) is 5.92 Å². The predicted octanol–water partition coefficient (Wildman–Crippen LogP) is 5.54. The molecular formula is C22H32O2. The molecule has 2 heteroatoms. The number of fused-ring (bicyclic) bond motifs is 3. The Morgan fingerprint density at radius 2 is 2.08 bits per heavy atom. The molecule has 0 amide bonds. The van der Waals surface area contributed by atoms with Crippen LogP contribution in [-0.4, -0.2) is 18.0 Å². The summed E-state index contributed by atoms with van der Waals surface area (Å²) >= 11 is 0. The van der Waals surface area contributed by atoms with E-state index in [4.69, 9.17) is 4.74 Å². The van der Waals surface area contributed by atoms with Crippen LogP contribution in [0.1, 0.15) is 71.6 Å². The zero-order chi connectivity index (χ0) is 16.9. The Morgan fingerprint density at radius 3 is 2.92 bits per heavy atom. The van der Waals surface area contributed by atoms with Gasteiger partial charge in [-0.2, -0.15) is 0 Å². The first-order chi connectivity index (χ1) is 11.7. The van der Waals surface area contributed by atoms with Gasteiger partial charge in [0.2, 0.25) is 0 Å². The van der Waals surface area contributed by atoms with Gasteiger partial charge in [-0.05, 0) is 56.6 Å². The van der Waals surface area contributed by atoms with E-state index in [9.17, 15) is 4.79 Å². The van der Waals surface area contributed by atoms with Gasteiger partial charge in [-0.25, -0.2) is 0 Å². The minimum atomic E-state index is -0.250. The largest absolute Gasteiger partial charge is 0.358 e. The second-order valence-electron chi connectivity index (χ2n) is 7.72. The molecule has 2 aliphatic carbocycles. The van der Waals surface area contributed by atoms with Crippen molar-refractivity contribution < 1.29 is 9.53 Å². The van der Waals surface area contributed by atoms with Crippen LogP contribution in [0.5, 0.6) is 0 Å². The van der Waals surface area contributed by atoms with E-state index in [0.717, 1.165) is 12.8 Å². The Bertz CT molecular complexity index is 540. The van der Waals surface area contributed by atoms with Crippen LogP contribution in [0.4, 0.5) is 0 Å². The van der Waals surface area contributed by atoms with Crippen molar-refractivity contribution in [2.45, 2.75) is 83.8 Å². The SMILES string of the molecule is CCCCCCC/C=C/[C@@H]1O[C@H]2C(=O)C=C3CCC[C@@H]3[C@H]2C=C1C. The average Bonchev–Trinajstić information content (AvgIpc) is 3.03. The van der Waals surface area contributed by atoms with Gasteiger partial charge in [0.1, 0.15) is 6.10 Å². The fourth-order valence-electron chi connectivity index (χ4n) is 4.49. The van der Waals surface area contributed by atoms with Crippen molar-refractivity contribution in [3.05, 3.63) is 35.5 Å². The van der Waals surface area contributed by atoms with E-state index in [-0.39, 0.29) is 23.9 Å². The molecule has 2 nitrogen and oxygen atoms in total. The molecule has 1 fully saturated rings. The highest BCUT2D eigenvalue weighted by molar-refractivity contribution is 5.96. The average molecular weight is 328 g/mol. The molecule has 0 unspecified atom stereocenters. The Labute approximate surface area is 147 Å². The molecule has 0 radical (unpaired) electrons. The first-order valence-corrected chi connectivity index (χ1v) is 9.95. The molecule has 24 heavy (non-hydrogen) atoms. The Hall–Kier alpha value is -1.15. The number of carbonyl (C=O) groups is 1. The Morgan fingerprint density at radius 1 is 1.25 bits per heavy atom. The molecule has 0 bridgehead atoms.